The van der Waals surface area contributed by atoms with Gasteiger partial charge in [-0.15, -0.1) is 5.10 Å². The van der Waals surface area contributed by atoms with Crippen molar-refractivity contribution in [3.8, 4) is 11.3 Å². The lowest BCUT2D eigenvalue weighted by molar-refractivity contribution is 0.499. The van der Waals surface area contributed by atoms with E-state index in [4.69, 9.17) is 4.42 Å². The molecule has 0 atom stereocenters. The molecular weight excluding hydrogens is 390 g/mol. The number of nitrogens with zero attached hydrogens (tertiary/aromatic N) is 4. The SMILES string of the molecule is Cc1cc(-c2ccc(CNCCSc3nnnn3C)o2)ccc1Br. The van der Waals surface area contributed by atoms with Crippen LogP contribution in [0.15, 0.2) is 44.4 Å². The summed E-state index contributed by atoms with van der Waals surface area (Å²) in [5.74, 6) is 2.71. The van der Waals surface area contributed by atoms with Crippen molar-refractivity contribution >= 4 is 27.7 Å². The Hall–Kier alpha value is -1.64. The van der Waals surface area contributed by atoms with Crippen LogP contribution in [-0.2, 0) is 13.6 Å². The maximum Gasteiger partial charge on any atom is 0.209 e. The van der Waals surface area contributed by atoms with Crippen LogP contribution >= 0.6 is 27.7 Å². The lowest BCUT2D eigenvalue weighted by Gasteiger charge is -2.03. The first kappa shape index (κ1) is 17.2. The van der Waals surface area contributed by atoms with E-state index in [9.17, 15) is 0 Å². The van der Waals surface area contributed by atoms with Gasteiger partial charge in [-0.1, -0.05) is 33.8 Å². The molecule has 0 radical (unpaired) electrons. The third kappa shape index (κ3) is 4.25. The van der Waals surface area contributed by atoms with E-state index < -0.39 is 0 Å². The van der Waals surface area contributed by atoms with Crippen LogP contribution in [0, 0.1) is 6.92 Å². The summed E-state index contributed by atoms with van der Waals surface area (Å²) in [6, 6.07) is 10.2. The summed E-state index contributed by atoms with van der Waals surface area (Å²) in [7, 11) is 1.84. The van der Waals surface area contributed by atoms with Crippen molar-refractivity contribution in [2.75, 3.05) is 12.3 Å². The fraction of sp³-hybridized carbons (Fsp3) is 0.312. The molecule has 1 N–H and O–H groups in total. The minimum absolute atomic E-state index is 0.702. The molecule has 0 bridgehead atoms. The van der Waals surface area contributed by atoms with Crippen molar-refractivity contribution in [3.05, 3.63) is 46.1 Å². The van der Waals surface area contributed by atoms with Crippen LogP contribution in [0.1, 0.15) is 11.3 Å². The van der Waals surface area contributed by atoms with Crippen molar-refractivity contribution in [1.29, 1.82) is 0 Å². The zero-order chi connectivity index (χ0) is 16.9. The van der Waals surface area contributed by atoms with Crippen LogP contribution in [-0.4, -0.2) is 32.5 Å². The molecule has 3 rings (SSSR count). The number of benzene rings is 1. The topological polar surface area (TPSA) is 68.8 Å². The average molecular weight is 408 g/mol. The minimum Gasteiger partial charge on any atom is -0.460 e. The monoisotopic (exact) mass is 407 g/mol. The second kappa shape index (κ2) is 7.96. The van der Waals surface area contributed by atoms with Gasteiger partial charge in [-0.2, -0.15) is 0 Å². The maximum atomic E-state index is 5.92. The molecule has 3 aromatic rings. The lowest BCUT2D eigenvalue weighted by Crippen LogP contribution is -2.16. The van der Waals surface area contributed by atoms with Crippen molar-refractivity contribution in [3.63, 3.8) is 0 Å². The van der Waals surface area contributed by atoms with Crippen molar-refractivity contribution < 1.29 is 4.42 Å². The number of nitrogens with one attached hydrogen (secondary N) is 1. The van der Waals surface area contributed by atoms with E-state index in [0.29, 0.717) is 6.54 Å². The van der Waals surface area contributed by atoms with Gasteiger partial charge in [0, 0.05) is 29.4 Å². The molecule has 6 nitrogen and oxygen atoms in total. The molecule has 0 aliphatic carbocycles. The molecule has 1 aromatic carbocycles. The summed E-state index contributed by atoms with van der Waals surface area (Å²) in [6.45, 7) is 3.63. The number of hydrogen-bond donors (Lipinski definition) is 1. The molecular formula is C16H18BrN5OS. The average Bonchev–Trinajstić information content (AvgIpc) is 3.19. The number of hydrogen-bond acceptors (Lipinski definition) is 6. The van der Waals surface area contributed by atoms with E-state index in [1.807, 2.05) is 25.2 Å². The Labute approximate surface area is 153 Å². The van der Waals surface area contributed by atoms with Gasteiger partial charge in [0.15, 0.2) is 0 Å². The zero-order valence-electron chi connectivity index (χ0n) is 13.5. The Kier molecular flexibility index (Phi) is 5.70. The Bertz CT molecular complexity index is 816. The third-order valence-electron chi connectivity index (χ3n) is 3.49. The van der Waals surface area contributed by atoms with Crippen LogP contribution in [0.4, 0.5) is 0 Å². The number of thioether (sulfide) groups is 1. The number of aromatic nitrogens is 4. The van der Waals surface area contributed by atoms with Crippen LogP contribution in [0.2, 0.25) is 0 Å². The Morgan fingerprint density at radius 1 is 1.29 bits per heavy atom. The van der Waals surface area contributed by atoms with Gasteiger partial charge in [-0.05, 0) is 47.2 Å². The van der Waals surface area contributed by atoms with Gasteiger partial charge in [0.25, 0.3) is 0 Å². The van der Waals surface area contributed by atoms with Gasteiger partial charge in [0.2, 0.25) is 5.16 Å². The van der Waals surface area contributed by atoms with Crippen LogP contribution in [0.25, 0.3) is 11.3 Å². The van der Waals surface area contributed by atoms with Crippen molar-refractivity contribution in [1.82, 2.24) is 25.5 Å². The largest absolute Gasteiger partial charge is 0.460 e. The van der Waals surface area contributed by atoms with Gasteiger partial charge < -0.3 is 9.73 Å². The third-order valence-corrected chi connectivity index (χ3v) is 5.40. The highest BCUT2D eigenvalue weighted by atomic mass is 79.9. The highest BCUT2D eigenvalue weighted by molar-refractivity contribution is 9.10. The molecule has 0 saturated heterocycles. The first-order chi connectivity index (χ1) is 11.6. The molecule has 0 saturated carbocycles. The molecule has 0 spiro atoms. The molecule has 0 unspecified atom stereocenters. The van der Waals surface area contributed by atoms with Crippen LogP contribution < -0.4 is 5.32 Å². The molecule has 0 amide bonds. The Morgan fingerprint density at radius 3 is 2.92 bits per heavy atom. The summed E-state index contributed by atoms with van der Waals surface area (Å²) < 4.78 is 8.69. The molecule has 2 aromatic heterocycles. The highest BCUT2D eigenvalue weighted by Crippen LogP contribution is 2.26. The molecule has 0 aliphatic heterocycles. The lowest BCUT2D eigenvalue weighted by atomic mass is 10.1. The van der Waals surface area contributed by atoms with Crippen molar-refractivity contribution in [2.24, 2.45) is 7.05 Å². The van der Waals surface area contributed by atoms with Gasteiger partial charge in [0.1, 0.15) is 11.5 Å². The minimum atomic E-state index is 0.702. The summed E-state index contributed by atoms with van der Waals surface area (Å²) in [5.41, 5.74) is 2.28. The maximum absolute atomic E-state index is 5.92. The quantitative estimate of drug-likeness (QED) is 0.477. The Morgan fingerprint density at radius 2 is 2.17 bits per heavy atom. The second-order valence-electron chi connectivity index (χ2n) is 5.34. The molecule has 2 heterocycles. The summed E-state index contributed by atoms with van der Waals surface area (Å²) in [4.78, 5) is 0. The summed E-state index contributed by atoms with van der Waals surface area (Å²) >= 11 is 5.14. The predicted molar refractivity (Wildman–Crippen MR) is 97.8 cm³/mol. The van der Waals surface area contributed by atoms with Gasteiger partial charge in [0.05, 0.1) is 6.54 Å². The second-order valence-corrected chi connectivity index (χ2v) is 7.26. The van der Waals surface area contributed by atoms with E-state index in [0.717, 1.165) is 39.0 Å². The molecule has 0 fully saturated rings. The van der Waals surface area contributed by atoms with Gasteiger partial charge >= 0.3 is 0 Å². The molecule has 126 valence electrons. The normalized spacial score (nSPS) is 11.1. The Balaban J connectivity index is 1.47. The smallest absolute Gasteiger partial charge is 0.209 e. The fourth-order valence-corrected chi connectivity index (χ4v) is 3.19. The highest BCUT2D eigenvalue weighted by Gasteiger charge is 2.07. The molecule has 24 heavy (non-hydrogen) atoms. The predicted octanol–water partition coefficient (Wildman–Crippen LogP) is 3.42. The number of halogens is 1. The van der Waals surface area contributed by atoms with Crippen LogP contribution in [0.5, 0.6) is 0 Å². The molecule has 0 aliphatic rings. The summed E-state index contributed by atoms with van der Waals surface area (Å²) in [6.07, 6.45) is 0. The van der Waals surface area contributed by atoms with Crippen LogP contribution in [0.3, 0.4) is 0 Å². The number of furan rings is 1. The molecule has 8 heteroatoms. The van der Waals surface area contributed by atoms with E-state index >= 15 is 0 Å². The van der Waals surface area contributed by atoms with E-state index in [-0.39, 0.29) is 0 Å². The fourth-order valence-electron chi connectivity index (χ4n) is 2.20. The van der Waals surface area contributed by atoms with Gasteiger partial charge in [-0.25, -0.2) is 4.68 Å². The number of tetrazole rings is 1. The number of aryl methyl sites for hydroxylation is 2. The first-order valence-electron chi connectivity index (χ1n) is 7.54. The first-order valence-corrected chi connectivity index (χ1v) is 9.32. The van der Waals surface area contributed by atoms with E-state index in [1.165, 1.54) is 5.56 Å². The summed E-state index contributed by atoms with van der Waals surface area (Å²) in [5, 5.41) is 15.5. The van der Waals surface area contributed by atoms with E-state index in [1.54, 1.807) is 16.4 Å². The zero-order valence-corrected chi connectivity index (χ0v) is 15.9. The van der Waals surface area contributed by atoms with Crippen molar-refractivity contribution in [2.45, 2.75) is 18.6 Å². The van der Waals surface area contributed by atoms with Gasteiger partial charge in [-0.3, -0.25) is 0 Å². The van der Waals surface area contributed by atoms with E-state index in [2.05, 4.69) is 55.8 Å². The number of rotatable bonds is 7. The standard InChI is InChI=1S/C16H18BrN5OS/c1-11-9-12(3-5-14(11)17)15-6-4-13(23-15)10-18-7-8-24-16-19-20-21-22(16)2/h3-6,9,18H,7-8,10H2,1-2H3.